The van der Waals surface area contributed by atoms with Gasteiger partial charge in [0.05, 0.1) is 22.8 Å². The van der Waals surface area contributed by atoms with Crippen LogP contribution >= 0.6 is 11.6 Å². The molecule has 0 N–H and O–H groups in total. The van der Waals surface area contributed by atoms with Crippen LogP contribution in [0, 0.1) is 0 Å². The highest BCUT2D eigenvalue weighted by atomic mass is 35.5. The molecule has 0 saturated heterocycles. The van der Waals surface area contributed by atoms with Gasteiger partial charge in [0.1, 0.15) is 5.78 Å². The molecule has 0 aliphatic heterocycles. The molecule has 0 fully saturated rings. The number of rotatable bonds is 5. The summed E-state index contributed by atoms with van der Waals surface area (Å²) in [6.07, 6.45) is 8.65. The van der Waals surface area contributed by atoms with Crippen molar-refractivity contribution in [3.63, 3.8) is 0 Å². The molecule has 19 heavy (non-hydrogen) atoms. The van der Waals surface area contributed by atoms with E-state index in [0.717, 1.165) is 30.7 Å². The van der Waals surface area contributed by atoms with Crippen molar-refractivity contribution in [1.29, 1.82) is 0 Å². The van der Waals surface area contributed by atoms with Gasteiger partial charge in [0, 0.05) is 13.5 Å². The highest BCUT2D eigenvalue weighted by molar-refractivity contribution is 6.32. The molecular weight excluding hydrogens is 260 g/mol. The van der Waals surface area contributed by atoms with Gasteiger partial charge in [-0.2, -0.15) is 5.10 Å². The summed E-state index contributed by atoms with van der Waals surface area (Å²) in [5, 5.41) is 5.01. The Morgan fingerprint density at radius 3 is 2.79 bits per heavy atom. The minimum Gasteiger partial charge on any atom is -0.299 e. The van der Waals surface area contributed by atoms with Gasteiger partial charge in [-0.25, -0.2) is 0 Å². The fourth-order valence-electron chi connectivity index (χ4n) is 2.58. The van der Waals surface area contributed by atoms with Crippen LogP contribution in [0.15, 0.2) is 11.6 Å². The van der Waals surface area contributed by atoms with E-state index >= 15 is 0 Å². The summed E-state index contributed by atoms with van der Waals surface area (Å²) in [6, 6.07) is 0. The van der Waals surface area contributed by atoms with Crippen LogP contribution in [-0.2, 0) is 24.7 Å². The normalized spacial score (nSPS) is 15.4. The van der Waals surface area contributed by atoms with Crippen molar-refractivity contribution in [3.8, 4) is 0 Å². The Morgan fingerprint density at radius 1 is 1.42 bits per heavy atom. The largest absolute Gasteiger partial charge is 0.299 e. The van der Waals surface area contributed by atoms with Crippen LogP contribution in [0.5, 0.6) is 0 Å². The summed E-state index contributed by atoms with van der Waals surface area (Å²) >= 11 is 6.27. The molecule has 0 aromatic carbocycles. The topological polar surface area (TPSA) is 34.9 Å². The van der Waals surface area contributed by atoms with E-state index in [2.05, 4.69) is 11.2 Å². The average molecular weight is 281 g/mol. The van der Waals surface area contributed by atoms with Crippen LogP contribution in [0.2, 0.25) is 5.02 Å². The lowest BCUT2D eigenvalue weighted by molar-refractivity contribution is -0.117. The SMILES string of the molecule is CCc1nn(C)c(CC(=O)CC2=CCCCC2)c1Cl. The van der Waals surface area contributed by atoms with Gasteiger partial charge in [0.15, 0.2) is 0 Å². The summed E-state index contributed by atoms with van der Waals surface area (Å²) in [4.78, 5) is 12.1. The molecular formula is C15H21ClN2O. The third kappa shape index (κ3) is 3.47. The van der Waals surface area contributed by atoms with Crippen molar-refractivity contribution in [2.45, 2.75) is 51.9 Å². The van der Waals surface area contributed by atoms with Gasteiger partial charge >= 0.3 is 0 Å². The molecule has 1 aliphatic rings. The standard InChI is InChI=1S/C15H21ClN2O/c1-3-13-15(16)14(18(2)17-13)10-12(19)9-11-7-5-4-6-8-11/h7H,3-6,8-10H2,1-2H3. The van der Waals surface area contributed by atoms with E-state index < -0.39 is 0 Å². The maximum atomic E-state index is 12.1. The van der Waals surface area contributed by atoms with Gasteiger partial charge < -0.3 is 0 Å². The second kappa shape index (κ2) is 6.38. The molecule has 0 amide bonds. The third-order valence-electron chi connectivity index (χ3n) is 3.68. The first-order chi connectivity index (χ1) is 9.11. The number of carbonyl (C=O) groups is 1. The number of hydrogen-bond acceptors (Lipinski definition) is 2. The van der Waals surface area contributed by atoms with E-state index in [1.54, 1.807) is 4.68 Å². The minimum absolute atomic E-state index is 0.237. The van der Waals surface area contributed by atoms with Crippen molar-refractivity contribution < 1.29 is 4.79 Å². The fraction of sp³-hybridized carbons (Fsp3) is 0.600. The quantitative estimate of drug-likeness (QED) is 0.772. The van der Waals surface area contributed by atoms with Crippen LogP contribution in [0.25, 0.3) is 0 Å². The Morgan fingerprint density at radius 2 is 2.21 bits per heavy atom. The first-order valence-electron chi connectivity index (χ1n) is 7.01. The Labute approximate surface area is 119 Å². The predicted molar refractivity (Wildman–Crippen MR) is 77.5 cm³/mol. The van der Waals surface area contributed by atoms with Crippen molar-refractivity contribution in [2.24, 2.45) is 7.05 Å². The number of nitrogens with zero attached hydrogens (tertiary/aromatic N) is 2. The number of ketones is 1. The van der Waals surface area contributed by atoms with Gasteiger partial charge in [-0.05, 0) is 32.1 Å². The maximum Gasteiger partial charge on any atom is 0.142 e. The van der Waals surface area contributed by atoms with Gasteiger partial charge in [0.25, 0.3) is 0 Å². The van der Waals surface area contributed by atoms with Crippen molar-refractivity contribution in [2.75, 3.05) is 0 Å². The number of allylic oxidation sites excluding steroid dienone is 2. The van der Waals surface area contributed by atoms with Crippen molar-refractivity contribution in [3.05, 3.63) is 28.1 Å². The van der Waals surface area contributed by atoms with Crippen molar-refractivity contribution in [1.82, 2.24) is 9.78 Å². The fourth-order valence-corrected chi connectivity index (χ4v) is 2.94. The third-order valence-corrected chi connectivity index (χ3v) is 4.11. The Hall–Kier alpha value is -1.09. The lowest BCUT2D eigenvalue weighted by Gasteiger charge is -2.11. The Bertz CT molecular complexity index is 502. The summed E-state index contributed by atoms with van der Waals surface area (Å²) in [5.41, 5.74) is 3.02. The first-order valence-corrected chi connectivity index (χ1v) is 7.39. The van der Waals surface area contributed by atoms with E-state index in [1.807, 2.05) is 14.0 Å². The maximum absolute atomic E-state index is 12.1. The summed E-state index contributed by atoms with van der Waals surface area (Å²) in [7, 11) is 1.85. The number of Topliss-reactive ketones (excluding diaryl/α,β-unsaturated/α-hetero) is 1. The molecule has 2 rings (SSSR count). The monoisotopic (exact) mass is 280 g/mol. The molecule has 1 aliphatic carbocycles. The van der Waals surface area contributed by atoms with Gasteiger partial charge in [-0.15, -0.1) is 0 Å². The highest BCUT2D eigenvalue weighted by Crippen LogP contribution is 2.24. The summed E-state index contributed by atoms with van der Waals surface area (Å²) < 4.78 is 1.74. The lowest BCUT2D eigenvalue weighted by atomic mass is 9.94. The molecule has 104 valence electrons. The molecule has 0 saturated carbocycles. The van der Waals surface area contributed by atoms with Crippen LogP contribution in [0.3, 0.4) is 0 Å². The van der Waals surface area contributed by atoms with Gasteiger partial charge in [0.2, 0.25) is 0 Å². The number of hydrogen-bond donors (Lipinski definition) is 0. The molecule has 1 heterocycles. The van der Waals surface area contributed by atoms with Crippen LogP contribution < -0.4 is 0 Å². The van der Waals surface area contributed by atoms with E-state index in [-0.39, 0.29) is 5.78 Å². The number of aryl methyl sites for hydroxylation is 2. The number of aromatic nitrogens is 2. The molecule has 0 atom stereocenters. The highest BCUT2D eigenvalue weighted by Gasteiger charge is 2.17. The Kier molecular flexibility index (Phi) is 4.81. The van der Waals surface area contributed by atoms with Crippen molar-refractivity contribution >= 4 is 17.4 Å². The van der Waals surface area contributed by atoms with E-state index in [9.17, 15) is 4.79 Å². The molecule has 0 radical (unpaired) electrons. The number of halogens is 1. The van der Waals surface area contributed by atoms with E-state index in [0.29, 0.717) is 17.9 Å². The molecule has 4 heteroatoms. The molecule has 0 spiro atoms. The van der Waals surface area contributed by atoms with E-state index in [1.165, 1.54) is 18.4 Å². The molecule has 1 aromatic rings. The molecule has 1 aromatic heterocycles. The minimum atomic E-state index is 0.237. The zero-order valence-electron chi connectivity index (χ0n) is 11.7. The van der Waals surface area contributed by atoms with Crippen LogP contribution in [0.4, 0.5) is 0 Å². The van der Waals surface area contributed by atoms with E-state index in [4.69, 9.17) is 11.6 Å². The van der Waals surface area contributed by atoms with Crippen LogP contribution in [-0.4, -0.2) is 15.6 Å². The smallest absolute Gasteiger partial charge is 0.142 e. The molecule has 3 nitrogen and oxygen atoms in total. The first kappa shape index (κ1) is 14.3. The zero-order valence-corrected chi connectivity index (χ0v) is 12.5. The van der Waals surface area contributed by atoms with Gasteiger partial charge in [-0.1, -0.05) is 30.2 Å². The summed E-state index contributed by atoms with van der Waals surface area (Å²) in [6.45, 7) is 2.02. The molecule has 0 unspecified atom stereocenters. The summed E-state index contributed by atoms with van der Waals surface area (Å²) in [5.74, 6) is 0.237. The average Bonchev–Trinajstić information content (AvgIpc) is 2.67. The second-order valence-electron chi connectivity index (χ2n) is 5.18. The number of carbonyl (C=O) groups excluding carboxylic acids is 1. The lowest BCUT2D eigenvalue weighted by Crippen LogP contribution is -2.09. The second-order valence-corrected chi connectivity index (χ2v) is 5.56. The Balaban J connectivity index is 2.02. The predicted octanol–water partition coefficient (Wildman–Crippen LogP) is 3.64. The van der Waals surface area contributed by atoms with Crippen LogP contribution in [0.1, 0.15) is 50.4 Å². The van der Waals surface area contributed by atoms with Gasteiger partial charge in [-0.3, -0.25) is 9.48 Å². The molecule has 0 bridgehead atoms. The zero-order chi connectivity index (χ0) is 13.8.